The highest BCUT2D eigenvalue weighted by atomic mass is 19.1. The number of rotatable bonds is 3. The first-order valence-corrected chi connectivity index (χ1v) is 5.95. The molecular weight excluding hydrogens is 243 g/mol. The Morgan fingerprint density at radius 3 is 2.37 bits per heavy atom. The van der Waals surface area contributed by atoms with E-state index in [0.29, 0.717) is 16.8 Å². The Balaban J connectivity index is 2.15. The molecule has 0 aliphatic rings. The third-order valence-electron chi connectivity index (χ3n) is 2.87. The SMILES string of the molecule is CNc1ccc(C(=O)Nc2ccc(F)cc2C)cc1. The molecule has 2 aromatic carbocycles. The number of carbonyl (C=O) groups excluding carboxylic acids is 1. The van der Waals surface area contributed by atoms with E-state index in [1.165, 1.54) is 12.1 Å². The lowest BCUT2D eigenvalue weighted by atomic mass is 10.1. The highest BCUT2D eigenvalue weighted by Gasteiger charge is 2.08. The smallest absolute Gasteiger partial charge is 0.255 e. The highest BCUT2D eigenvalue weighted by Crippen LogP contribution is 2.17. The monoisotopic (exact) mass is 258 g/mol. The van der Waals surface area contributed by atoms with E-state index >= 15 is 0 Å². The van der Waals surface area contributed by atoms with Crippen molar-refractivity contribution >= 4 is 17.3 Å². The van der Waals surface area contributed by atoms with Crippen molar-refractivity contribution in [2.45, 2.75) is 6.92 Å². The lowest BCUT2D eigenvalue weighted by molar-refractivity contribution is 0.102. The first-order valence-electron chi connectivity index (χ1n) is 5.95. The molecule has 0 spiro atoms. The number of anilines is 2. The standard InChI is InChI=1S/C15H15FN2O/c1-10-9-12(16)5-8-14(10)18-15(19)11-3-6-13(17-2)7-4-11/h3-9,17H,1-2H3,(H,18,19). The molecule has 0 bridgehead atoms. The van der Waals surface area contributed by atoms with Crippen LogP contribution in [0.25, 0.3) is 0 Å². The number of hydrogen-bond donors (Lipinski definition) is 2. The van der Waals surface area contributed by atoms with Gasteiger partial charge in [-0.3, -0.25) is 4.79 Å². The van der Waals surface area contributed by atoms with Crippen LogP contribution in [0.15, 0.2) is 42.5 Å². The van der Waals surface area contributed by atoms with Gasteiger partial charge in [-0.15, -0.1) is 0 Å². The van der Waals surface area contributed by atoms with Gasteiger partial charge in [0.1, 0.15) is 5.82 Å². The van der Waals surface area contributed by atoms with Gasteiger partial charge in [-0.25, -0.2) is 4.39 Å². The van der Waals surface area contributed by atoms with Crippen LogP contribution in [0.3, 0.4) is 0 Å². The molecule has 0 saturated carbocycles. The van der Waals surface area contributed by atoms with Crippen LogP contribution < -0.4 is 10.6 Å². The number of carbonyl (C=O) groups is 1. The van der Waals surface area contributed by atoms with Crippen molar-refractivity contribution < 1.29 is 9.18 Å². The molecule has 0 aliphatic heterocycles. The molecule has 4 heteroatoms. The number of aryl methyl sites for hydroxylation is 1. The van der Waals surface area contributed by atoms with E-state index in [4.69, 9.17) is 0 Å². The van der Waals surface area contributed by atoms with Gasteiger partial charge in [0, 0.05) is 24.0 Å². The topological polar surface area (TPSA) is 41.1 Å². The number of nitrogens with one attached hydrogen (secondary N) is 2. The van der Waals surface area contributed by atoms with Gasteiger partial charge < -0.3 is 10.6 Å². The van der Waals surface area contributed by atoms with E-state index in [-0.39, 0.29) is 11.7 Å². The van der Waals surface area contributed by atoms with Gasteiger partial charge in [-0.05, 0) is 55.0 Å². The van der Waals surface area contributed by atoms with E-state index in [2.05, 4.69) is 10.6 Å². The Labute approximate surface area is 111 Å². The average Bonchev–Trinajstić information content (AvgIpc) is 2.42. The van der Waals surface area contributed by atoms with Gasteiger partial charge in [0.15, 0.2) is 0 Å². The van der Waals surface area contributed by atoms with Crippen molar-refractivity contribution in [1.29, 1.82) is 0 Å². The van der Waals surface area contributed by atoms with Gasteiger partial charge in [0.2, 0.25) is 0 Å². The number of halogens is 1. The lowest BCUT2D eigenvalue weighted by Gasteiger charge is -2.09. The molecule has 2 aromatic rings. The molecule has 2 rings (SSSR count). The van der Waals surface area contributed by atoms with Crippen LogP contribution in [0.5, 0.6) is 0 Å². The van der Waals surface area contributed by atoms with Gasteiger partial charge in [0.25, 0.3) is 5.91 Å². The summed E-state index contributed by atoms with van der Waals surface area (Å²) in [5.74, 6) is -0.522. The van der Waals surface area contributed by atoms with Crippen molar-refractivity contribution in [3.8, 4) is 0 Å². The predicted molar refractivity (Wildman–Crippen MR) is 75.1 cm³/mol. The van der Waals surface area contributed by atoms with E-state index < -0.39 is 0 Å². The molecule has 0 heterocycles. The van der Waals surface area contributed by atoms with Crippen molar-refractivity contribution in [2.24, 2.45) is 0 Å². The van der Waals surface area contributed by atoms with Crippen LogP contribution in [0, 0.1) is 12.7 Å². The Hall–Kier alpha value is -2.36. The zero-order valence-electron chi connectivity index (χ0n) is 10.8. The minimum atomic E-state index is -0.311. The highest BCUT2D eigenvalue weighted by molar-refractivity contribution is 6.04. The second kappa shape index (κ2) is 5.52. The summed E-state index contributed by atoms with van der Waals surface area (Å²) in [5.41, 5.74) is 2.81. The van der Waals surface area contributed by atoms with Crippen LogP contribution in [0.4, 0.5) is 15.8 Å². The minimum Gasteiger partial charge on any atom is -0.388 e. The third-order valence-corrected chi connectivity index (χ3v) is 2.87. The number of benzene rings is 2. The maximum absolute atomic E-state index is 13.0. The summed E-state index contributed by atoms with van der Waals surface area (Å²) in [6, 6.07) is 11.4. The van der Waals surface area contributed by atoms with Crippen LogP contribution in [0.2, 0.25) is 0 Å². The molecule has 3 nitrogen and oxygen atoms in total. The van der Waals surface area contributed by atoms with Crippen LogP contribution in [0.1, 0.15) is 15.9 Å². The molecule has 19 heavy (non-hydrogen) atoms. The molecule has 0 unspecified atom stereocenters. The van der Waals surface area contributed by atoms with Crippen molar-refractivity contribution in [2.75, 3.05) is 17.7 Å². The molecule has 0 aliphatic carbocycles. The molecular formula is C15H15FN2O. The van der Waals surface area contributed by atoms with Gasteiger partial charge in [-0.2, -0.15) is 0 Å². The van der Waals surface area contributed by atoms with Gasteiger partial charge in [-0.1, -0.05) is 0 Å². The quantitative estimate of drug-likeness (QED) is 0.885. The van der Waals surface area contributed by atoms with Gasteiger partial charge >= 0.3 is 0 Å². The van der Waals surface area contributed by atoms with Crippen molar-refractivity contribution in [3.05, 3.63) is 59.4 Å². The second-order valence-corrected chi connectivity index (χ2v) is 4.24. The number of amides is 1. The molecule has 98 valence electrons. The number of hydrogen-bond acceptors (Lipinski definition) is 2. The molecule has 0 saturated heterocycles. The Kier molecular flexibility index (Phi) is 3.80. The summed E-state index contributed by atoms with van der Waals surface area (Å²) in [7, 11) is 1.82. The minimum absolute atomic E-state index is 0.211. The Morgan fingerprint density at radius 2 is 1.79 bits per heavy atom. The molecule has 0 radical (unpaired) electrons. The predicted octanol–water partition coefficient (Wildman–Crippen LogP) is 3.43. The first-order chi connectivity index (χ1) is 9.10. The van der Waals surface area contributed by atoms with Crippen LogP contribution in [-0.4, -0.2) is 13.0 Å². The fraction of sp³-hybridized carbons (Fsp3) is 0.133. The molecule has 2 N–H and O–H groups in total. The zero-order chi connectivity index (χ0) is 13.8. The summed E-state index contributed by atoms with van der Waals surface area (Å²) in [4.78, 5) is 12.0. The third kappa shape index (κ3) is 3.10. The molecule has 1 amide bonds. The largest absolute Gasteiger partial charge is 0.388 e. The summed E-state index contributed by atoms with van der Waals surface area (Å²) in [6.07, 6.45) is 0. The van der Waals surface area contributed by atoms with E-state index in [0.717, 1.165) is 5.69 Å². The van der Waals surface area contributed by atoms with Crippen molar-refractivity contribution in [3.63, 3.8) is 0 Å². The lowest BCUT2D eigenvalue weighted by Crippen LogP contribution is -2.12. The maximum atomic E-state index is 13.0. The molecule has 0 aromatic heterocycles. The normalized spacial score (nSPS) is 10.1. The van der Waals surface area contributed by atoms with E-state index in [1.54, 1.807) is 25.1 Å². The van der Waals surface area contributed by atoms with Crippen molar-refractivity contribution in [1.82, 2.24) is 0 Å². The summed E-state index contributed by atoms with van der Waals surface area (Å²) in [5, 5.41) is 5.75. The molecule has 0 atom stereocenters. The van der Waals surface area contributed by atoms with Crippen LogP contribution in [-0.2, 0) is 0 Å². The summed E-state index contributed by atoms with van der Waals surface area (Å²) >= 11 is 0. The maximum Gasteiger partial charge on any atom is 0.255 e. The van der Waals surface area contributed by atoms with Crippen LogP contribution >= 0.6 is 0 Å². The summed E-state index contributed by atoms with van der Waals surface area (Å²) in [6.45, 7) is 1.75. The Morgan fingerprint density at radius 1 is 1.11 bits per heavy atom. The van der Waals surface area contributed by atoms with E-state index in [1.807, 2.05) is 19.2 Å². The zero-order valence-corrected chi connectivity index (χ0v) is 10.8. The fourth-order valence-electron chi connectivity index (χ4n) is 1.75. The fourth-order valence-corrected chi connectivity index (χ4v) is 1.75. The van der Waals surface area contributed by atoms with Gasteiger partial charge in [0.05, 0.1) is 0 Å². The molecule has 0 fully saturated rings. The first kappa shape index (κ1) is 13.1. The Bertz CT molecular complexity index is 594. The summed E-state index contributed by atoms with van der Waals surface area (Å²) < 4.78 is 13.0. The average molecular weight is 258 g/mol. The second-order valence-electron chi connectivity index (χ2n) is 4.24. The van der Waals surface area contributed by atoms with E-state index in [9.17, 15) is 9.18 Å².